The second kappa shape index (κ2) is 4.13. The van der Waals surface area contributed by atoms with Crippen LogP contribution in [-0.2, 0) is 0 Å². The summed E-state index contributed by atoms with van der Waals surface area (Å²) in [6.45, 7) is 2.08. The van der Waals surface area contributed by atoms with Gasteiger partial charge in [0.15, 0.2) is 3.92 Å². The van der Waals surface area contributed by atoms with Crippen LogP contribution in [0.3, 0.4) is 0 Å². The van der Waals surface area contributed by atoms with Crippen LogP contribution in [0.2, 0.25) is 0 Å². The minimum absolute atomic E-state index is 0.935. The van der Waals surface area contributed by atoms with E-state index in [-0.39, 0.29) is 0 Å². The molecular weight excluding hydrogens is 326 g/mol. The molecule has 14 heavy (non-hydrogen) atoms. The van der Waals surface area contributed by atoms with Crippen LogP contribution < -0.4 is 0 Å². The molecule has 0 amide bonds. The highest BCUT2D eigenvalue weighted by atomic mass is 79.9. The average Bonchev–Trinajstić information content (AvgIpc) is 2.45. The van der Waals surface area contributed by atoms with Crippen LogP contribution in [-0.4, -0.2) is 4.98 Å². The number of halogens is 2. The second-order valence-electron chi connectivity index (χ2n) is 2.88. The Bertz CT molecular complexity index is 465. The molecule has 0 spiro atoms. The topological polar surface area (TPSA) is 12.9 Å². The summed E-state index contributed by atoms with van der Waals surface area (Å²) in [5.41, 5.74) is 2.21. The van der Waals surface area contributed by atoms with E-state index in [1.165, 1.54) is 4.88 Å². The van der Waals surface area contributed by atoms with E-state index in [0.717, 1.165) is 19.6 Å². The van der Waals surface area contributed by atoms with Crippen molar-refractivity contribution in [1.82, 2.24) is 4.98 Å². The molecule has 0 N–H and O–H groups in total. The summed E-state index contributed by atoms with van der Waals surface area (Å²) < 4.78 is 2.02. The van der Waals surface area contributed by atoms with Crippen molar-refractivity contribution in [3.05, 3.63) is 37.5 Å². The van der Waals surface area contributed by atoms with Crippen molar-refractivity contribution in [2.45, 2.75) is 6.92 Å². The minimum Gasteiger partial charge on any atom is -0.229 e. The van der Waals surface area contributed by atoms with E-state index >= 15 is 0 Å². The number of thiazole rings is 1. The third-order valence-electron chi connectivity index (χ3n) is 1.87. The lowest BCUT2D eigenvalue weighted by atomic mass is 10.1. The summed E-state index contributed by atoms with van der Waals surface area (Å²) in [6, 6.07) is 8.18. The summed E-state index contributed by atoms with van der Waals surface area (Å²) in [6.07, 6.45) is 0. The third-order valence-corrected chi connectivity index (χ3v) is 3.78. The number of rotatable bonds is 1. The predicted octanol–water partition coefficient (Wildman–Crippen LogP) is 4.64. The Kier molecular flexibility index (Phi) is 3.04. The Labute approximate surface area is 103 Å². The molecule has 1 heterocycles. The highest BCUT2D eigenvalue weighted by Crippen LogP contribution is 2.31. The summed E-state index contributed by atoms with van der Waals surface area (Å²) in [5.74, 6) is 0. The van der Waals surface area contributed by atoms with E-state index in [4.69, 9.17) is 0 Å². The van der Waals surface area contributed by atoms with Crippen molar-refractivity contribution in [3.8, 4) is 11.3 Å². The molecule has 2 aromatic rings. The fourth-order valence-corrected chi connectivity index (χ4v) is 3.22. The van der Waals surface area contributed by atoms with Gasteiger partial charge in [0.25, 0.3) is 0 Å². The fourth-order valence-electron chi connectivity index (χ4n) is 1.27. The van der Waals surface area contributed by atoms with Gasteiger partial charge in [-0.2, -0.15) is 0 Å². The van der Waals surface area contributed by atoms with Crippen LogP contribution in [0, 0.1) is 6.92 Å². The normalized spacial score (nSPS) is 10.5. The molecule has 0 aliphatic carbocycles. The Morgan fingerprint density at radius 3 is 2.64 bits per heavy atom. The molecule has 0 aliphatic heterocycles. The van der Waals surface area contributed by atoms with Gasteiger partial charge < -0.3 is 0 Å². The zero-order valence-corrected chi connectivity index (χ0v) is 11.4. The minimum atomic E-state index is 0.935. The Morgan fingerprint density at radius 1 is 1.29 bits per heavy atom. The Morgan fingerprint density at radius 2 is 2.07 bits per heavy atom. The highest BCUT2D eigenvalue weighted by Gasteiger charge is 2.07. The molecule has 0 unspecified atom stereocenters. The maximum Gasteiger partial charge on any atom is 0.160 e. The average molecular weight is 333 g/mol. The molecule has 0 saturated carbocycles. The number of hydrogen-bond donors (Lipinski definition) is 0. The first-order valence-electron chi connectivity index (χ1n) is 4.05. The molecular formula is C10H7Br2NS. The van der Waals surface area contributed by atoms with Gasteiger partial charge in [0.05, 0.1) is 5.69 Å². The van der Waals surface area contributed by atoms with Gasteiger partial charge in [-0.05, 0) is 35.0 Å². The molecule has 0 fully saturated rings. The van der Waals surface area contributed by atoms with Gasteiger partial charge in [-0.25, -0.2) is 4.98 Å². The molecule has 0 atom stereocenters. The number of nitrogens with zero attached hydrogens (tertiary/aromatic N) is 1. The number of aromatic nitrogens is 1. The first-order valence-corrected chi connectivity index (χ1v) is 6.46. The van der Waals surface area contributed by atoms with E-state index < -0.39 is 0 Å². The van der Waals surface area contributed by atoms with E-state index in [9.17, 15) is 0 Å². The third kappa shape index (κ3) is 2.07. The summed E-state index contributed by atoms with van der Waals surface area (Å²) in [5, 5.41) is 0. The maximum absolute atomic E-state index is 4.44. The van der Waals surface area contributed by atoms with Crippen molar-refractivity contribution < 1.29 is 0 Å². The molecule has 0 radical (unpaired) electrons. The van der Waals surface area contributed by atoms with Crippen molar-refractivity contribution in [1.29, 1.82) is 0 Å². The molecule has 0 saturated heterocycles. The molecule has 2 rings (SSSR count). The van der Waals surface area contributed by atoms with Gasteiger partial charge >= 0.3 is 0 Å². The van der Waals surface area contributed by atoms with Crippen LogP contribution in [0.5, 0.6) is 0 Å². The summed E-state index contributed by atoms with van der Waals surface area (Å²) >= 11 is 8.51. The van der Waals surface area contributed by atoms with Gasteiger partial charge in [-0.15, -0.1) is 11.3 Å². The first-order chi connectivity index (χ1) is 6.66. The van der Waals surface area contributed by atoms with Gasteiger partial charge in [0.1, 0.15) is 0 Å². The second-order valence-corrected chi connectivity index (χ2v) is 6.28. The van der Waals surface area contributed by atoms with Crippen LogP contribution in [0.4, 0.5) is 0 Å². The molecule has 72 valence electrons. The summed E-state index contributed by atoms with van der Waals surface area (Å²) in [7, 11) is 0. The largest absolute Gasteiger partial charge is 0.229 e. The molecule has 1 aromatic carbocycles. The molecule has 0 aliphatic rings. The fraction of sp³-hybridized carbons (Fsp3) is 0.100. The lowest BCUT2D eigenvalue weighted by molar-refractivity contribution is 1.34. The lowest BCUT2D eigenvalue weighted by Gasteiger charge is -1.98. The maximum atomic E-state index is 4.44. The quantitative estimate of drug-likeness (QED) is 0.741. The molecule has 0 bridgehead atoms. The van der Waals surface area contributed by atoms with Crippen LogP contribution in [0.15, 0.2) is 32.7 Å². The van der Waals surface area contributed by atoms with E-state index in [2.05, 4.69) is 55.9 Å². The Hall–Kier alpha value is -0.190. The zero-order valence-electron chi connectivity index (χ0n) is 7.42. The van der Waals surface area contributed by atoms with Gasteiger partial charge in [-0.3, -0.25) is 0 Å². The zero-order chi connectivity index (χ0) is 10.1. The van der Waals surface area contributed by atoms with Gasteiger partial charge in [0.2, 0.25) is 0 Å². The smallest absolute Gasteiger partial charge is 0.160 e. The van der Waals surface area contributed by atoms with E-state index in [0.29, 0.717) is 0 Å². The molecule has 1 nitrogen and oxygen atoms in total. The van der Waals surface area contributed by atoms with Crippen LogP contribution >= 0.6 is 43.2 Å². The van der Waals surface area contributed by atoms with Crippen molar-refractivity contribution in [2.75, 3.05) is 0 Å². The highest BCUT2D eigenvalue weighted by molar-refractivity contribution is 9.11. The first kappa shape index (κ1) is 10.3. The SMILES string of the molecule is Cc1sc(Br)nc1-c1cccc(Br)c1. The van der Waals surface area contributed by atoms with Crippen molar-refractivity contribution in [3.63, 3.8) is 0 Å². The van der Waals surface area contributed by atoms with Gasteiger partial charge in [-0.1, -0.05) is 28.1 Å². The monoisotopic (exact) mass is 331 g/mol. The predicted molar refractivity (Wildman–Crippen MR) is 67.7 cm³/mol. The summed E-state index contributed by atoms with van der Waals surface area (Å²) in [4.78, 5) is 5.67. The number of aryl methyl sites for hydroxylation is 1. The standard InChI is InChI=1S/C10H7Br2NS/c1-6-9(13-10(12)14-6)7-3-2-4-8(11)5-7/h2-5H,1H3. The van der Waals surface area contributed by atoms with Gasteiger partial charge in [0, 0.05) is 14.9 Å². The van der Waals surface area contributed by atoms with E-state index in [1.807, 2.05) is 12.1 Å². The van der Waals surface area contributed by atoms with Crippen molar-refractivity contribution in [2.24, 2.45) is 0 Å². The molecule has 1 aromatic heterocycles. The lowest BCUT2D eigenvalue weighted by Crippen LogP contribution is -1.79. The molecule has 4 heteroatoms. The van der Waals surface area contributed by atoms with Crippen molar-refractivity contribution >= 4 is 43.2 Å². The van der Waals surface area contributed by atoms with E-state index in [1.54, 1.807) is 11.3 Å². The number of benzene rings is 1. The van der Waals surface area contributed by atoms with Crippen LogP contribution in [0.1, 0.15) is 4.88 Å². The van der Waals surface area contributed by atoms with Crippen LogP contribution in [0.25, 0.3) is 11.3 Å². The Balaban J connectivity index is 2.54. The number of hydrogen-bond acceptors (Lipinski definition) is 2.